The van der Waals surface area contributed by atoms with Gasteiger partial charge in [-0.05, 0) is 73.3 Å². The average Bonchev–Trinajstić information content (AvgIpc) is 3.98. The second-order valence-electron chi connectivity index (χ2n) is 13.0. The van der Waals surface area contributed by atoms with Crippen molar-refractivity contribution in [1.29, 1.82) is 0 Å². The maximum absolute atomic E-state index is 12.8. The minimum atomic E-state index is -0.179. The summed E-state index contributed by atoms with van der Waals surface area (Å²) in [5.74, 6) is 2.33. The number of imidazole rings is 2. The first-order valence-electron chi connectivity index (χ1n) is 17.5. The van der Waals surface area contributed by atoms with Gasteiger partial charge in [-0.1, -0.05) is 39.5 Å². The van der Waals surface area contributed by atoms with Gasteiger partial charge in [0.1, 0.15) is 23.5 Å². The van der Waals surface area contributed by atoms with Gasteiger partial charge >= 0.3 is 0 Å². The van der Waals surface area contributed by atoms with Gasteiger partial charge in [0.2, 0.25) is 28.3 Å². The van der Waals surface area contributed by atoms with Crippen LogP contribution >= 0.6 is 34.8 Å². The molecular formula is C34H43Cl3N12O2. The van der Waals surface area contributed by atoms with Gasteiger partial charge in [0, 0.05) is 51.0 Å². The smallest absolute Gasteiger partial charge is 0.249 e. The molecule has 4 aliphatic rings. The maximum Gasteiger partial charge on any atom is 0.249 e. The molecule has 0 aromatic carbocycles. The lowest BCUT2D eigenvalue weighted by Crippen LogP contribution is -2.55. The lowest BCUT2D eigenvalue weighted by molar-refractivity contribution is -0.120. The molecule has 2 aliphatic carbocycles. The van der Waals surface area contributed by atoms with Crippen molar-refractivity contribution in [3.63, 3.8) is 0 Å². The zero-order chi connectivity index (χ0) is 36.2. The number of likely N-dealkylation sites (N-methyl/N-ethyl adjacent to an activating group) is 2. The van der Waals surface area contributed by atoms with Crippen LogP contribution in [0.2, 0.25) is 15.9 Å². The summed E-state index contributed by atoms with van der Waals surface area (Å²) in [6.45, 7) is 4.10. The van der Waals surface area contributed by atoms with E-state index in [0.717, 1.165) is 61.5 Å². The quantitative estimate of drug-likeness (QED) is 0.224. The third kappa shape index (κ3) is 7.49. The summed E-state index contributed by atoms with van der Waals surface area (Å²) in [7, 11) is 3.58. The van der Waals surface area contributed by atoms with Gasteiger partial charge in [0.15, 0.2) is 16.9 Å². The lowest BCUT2D eigenvalue weighted by atomic mass is 10.0. The SMILES string of the molecule is CC[C@@H]1C(=O)N(C)c2cnc(-n3ccnc3Cl)nc2N1C1CCCC1.CC[C@@H]1C(=O)N(C)c2cnc(Cl)nc2N1C1CCCC1.Clc1ncc[nH]1. The number of hydrogen-bond acceptors (Lipinski definition) is 10. The van der Waals surface area contributed by atoms with Crippen molar-refractivity contribution in [2.24, 2.45) is 0 Å². The molecule has 1 N–H and O–H groups in total. The molecule has 4 aromatic rings. The van der Waals surface area contributed by atoms with Gasteiger partial charge in [-0.3, -0.25) is 14.2 Å². The molecule has 0 bridgehead atoms. The number of H-pyrrole nitrogens is 1. The van der Waals surface area contributed by atoms with E-state index < -0.39 is 0 Å². The number of aromatic nitrogens is 8. The summed E-state index contributed by atoms with van der Waals surface area (Å²) < 4.78 is 1.64. The zero-order valence-corrected chi connectivity index (χ0v) is 31.5. The minimum absolute atomic E-state index is 0.110. The Morgan fingerprint density at radius 2 is 1.25 bits per heavy atom. The van der Waals surface area contributed by atoms with E-state index in [1.807, 2.05) is 6.92 Å². The van der Waals surface area contributed by atoms with Crippen molar-refractivity contribution >= 4 is 69.6 Å². The molecule has 2 saturated carbocycles. The Labute approximate surface area is 312 Å². The molecule has 8 rings (SSSR count). The Morgan fingerprint density at radius 3 is 1.69 bits per heavy atom. The Kier molecular flexibility index (Phi) is 11.6. The van der Waals surface area contributed by atoms with Crippen molar-refractivity contribution in [2.75, 3.05) is 33.7 Å². The molecule has 2 fully saturated rings. The van der Waals surface area contributed by atoms with E-state index in [4.69, 9.17) is 39.8 Å². The highest BCUT2D eigenvalue weighted by molar-refractivity contribution is 6.29. The molecule has 17 heteroatoms. The van der Waals surface area contributed by atoms with Crippen LogP contribution in [-0.2, 0) is 9.59 Å². The van der Waals surface area contributed by atoms with Crippen LogP contribution in [0.3, 0.4) is 0 Å². The molecule has 51 heavy (non-hydrogen) atoms. The van der Waals surface area contributed by atoms with Crippen LogP contribution < -0.4 is 19.6 Å². The molecule has 272 valence electrons. The first kappa shape index (κ1) is 36.8. The third-order valence-electron chi connectivity index (χ3n) is 10.1. The third-order valence-corrected chi connectivity index (χ3v) is 10.7. The summed E-state index contributed by atoms with van der Waals surface area (Å²) in [6, 6.07) is 0.424. The number of fused-ring (bicyclic) bond motifs is 2. The first-order chi connectivity index (χ1) is 24.6. The molecule has 2 amide bonds. The monoisotopic (exact) mass is 756 g/mol. The highest BCUT2D eigenvalue weighted by Gasteiger charge is 2.42. The second-order valence-corrected chi connectivity index (χ2v) is 14.0. The van der Waals surface area contributed by atoms with Crippen molar-refractivity contribution in [3.05, 3.63) is 53.0 Å². The van der Waals surface area contributed by atoms with Gasteiger partial charge in [0.25, 0.3) is 0 Å². The van der Waals surface area contributed by atoms with E-state index in [9.17, 15) is 9.59 Å². The van der Waals surface area contributed by atoms with E-state index in [-0.39, 0.29) is 29.2 Å². The molecule has 2 aliphatic heterocycles. The molecule has 14 nitrogen and oxygen atoms in total. The van der Waals surface area contributed by atoms with Gasteiger partial charge < -0.3 is 24.6 Å². The summed E-state index contributed by atoms with van der Waals surface area (Å²) in [4.78, 5) is 61.1. The Balaban J connectivity index is 0.000000154. The number of nitrogens with one attached hydrogen (secondary N) is 1. The number of nitrogens with zero attached hydrogens (tertiary/aromatic N) is 11. The maximum atomic E-state index is 12.8. The number of rotatable bonds is 5. The van der Waals surface area contributed by atoms with Crippen LogP contribution in [0.5, 0.6) is 0 Å². The van der Waals surface area contributed by atoms with Crippen molar-refractivity contribution in [2.45, 2.75) is 102 Å². The van der Waals surface area contributed by atoms with Gasteiger partial charge in [-0.25, -0.2) is 19.9 Å². The van der Waals surface area contributed by atoms with Crippen LogP contribution in [0, 0.1) is 0 Å². The van der Waals surface area contributed by atoms with Gasteiger partial charge in [0.05, 0.1) is 12.4 Å². The van der Waals surface area contributed by atoms with E-state index in [1.54, 1.807) is 65.6 Å². The fourth-order valence-corrected chi connectivity index (χ4v) is 7.97. The van der Waals surface area contributed by atoms with Crippen LogP contribution in [0.25, 0.3) is 5.95 Å². The molecule has 0 unspecified atom stereocenters. The number of hydrogen-bond donors (Lipinski definition) is 1. The molecular weight excluding hydrogens is 715 g/mol. The average molecular weight is 758 g/mol. The van der Waals surface area contributed by atoms with E-state index in [1.165, 1.54) is 25.7 Å². The number of carbonyl (C=O) groups is 2. The summed E-state index contributed by atoms with van der Waals surface area (Å²) >= 11 is 17.4. The standard InChI is InChI=1S/C17H21ClN6O.C14H19ClN4O.C3H3ClN2/c1-3-12-15(25)22(2)13-10-20-17(23-9-8-19-16(23)18)21-14(13)24(12)11-6-4-5-7-11;1-3-10-13(20)18(2)11-8-16-14(15)17-12(11)19(10)9-6-4-5-7-9;4-3-5-1-2-6-3/h8-12H,3-7H2,1-2H3;8-10H,3-7H2,1-2H3;1-2H,(H,5,6)/t12-;10-;/m11./s1. The fraction of sp³-hybridized carbons (Fsp3) is 0.529. The predicted octanol–water partition coefficient (Wildman–Crippen LogP) is 6.52. The summed E-state index contributed by atoms with van der Waals surface area (Å²) in [5, 5.41) is 0.999. The topological polar surface area (TPSA) is 145 Å². The van der Waals surface area contributed by atoms with Crippen LogP contribution in [0.15, 0.2) is 37.2 Å². The fourth-order valence-electron chi connectivity index (χ4n) is 7.53. The summed E-state index contributed by atoms with van der Waals surface area (Å²) in [5.41, 5.74) is 1.51. The normalized spacial score (nSPS) is 20.5. The highest BCUT2D eigenvalue weighted by atomic mass is 35.5. The molecule has 0 radical (unpaired) electrons. The lowest BCUT2D eigenvalue weighted by Gasteiger charge is -2.43. The molecule has 0 saturated heterocycles. The Hall–Kier alpha value is -4.01. The number of halogens is 3. The predicted molar refractivity (Wildman–Crippen MR) is 199 cm³/mol. The van der Waals surface area contributed by atoms with E-state index in [2.05, 4.69) is 46.6 Å². The second kappa shape index (κ2) is 16.1. The largest absolute Gasteiger partial charge is 0.340 e. The minimum Gasteiger partial charge on any atom is -0.340 e. The molecule has 6 heterocycles. The van der Waals surface area contributed by atoms with Crippen molar-refractivity contribution in [3.8, 4) is 5.95 Å². The Bertz CT molecular complexity index is 1810. The number of aromatic amines is 1. The molecule has 2 atom stereocenters. The van der Waals surface area contributed by atoms with Crippen molar-refractivity contribution in [1.82, 2.24) is 39.5 Å². The van der Waals surface area contributed by atoms with Crippen LogP contribution in [0.1, 0.15) is 78.1 Å². The van der Waals surface area contributed by atoms with E-state index in [0.29, 0.717) is 28.6 Å². The van der Waals surface area contributed by atoms with Gasteiger partial charge in [-0.15, -0.1) is 0 Å². The van der Waals surface area contributed by atoms with Crippen molar-refractivity contribution < 1.29 is 9.59 Å². The van der Waals surface area contributed by atoms with Gasteiger partial charge in [-0.2, -0.15) is 9.97 Å². The molecule has 4 aromatic heterocycles. The Morgan fingerprint density at radius 1 is 0.725 bits per heavy atom. The highest BCUT2D eigenvalue weighted by Crippen LogP contribution is 2.41. The van der Waals surface area contributed by atoms with Crippen LogP contribution in [0.4, 0.5) is 23.0 Å². The summed E-state index contributed by atoms with van der Waals surface area (Å²) in [6.07, 6.45) is 20.8. The number of carbonyl (C=O) groups excluding carboxylic acids is 2. The number of anilines is 4. The first-order valence-corrected chi connectivity index (χ1v) is 18.6. The van der Waals surface area contributed by atoms with E-state index >= 15 is 0 Å². The number of amides is 2. The molecule has 0 spiro atoms. The van der Waals surface area contributed by atoms with Crippen LogP contribution in [-0.4, -0.2) is 89.5 Å². The zero-order valence-electron chi connectivity index (χ0n) is 29.2.